The summed E-state index contributed by atoms with van der Waals surface area (Å²) in [7, 11) is 0. The zero-order chi connectivity index (χ0) is 13.5. The third-order valence-electron chi connectivity index (χ3n) is 3.39. The number of benzene rings is 2. The minimum absolute atomic E-state index is 0.691. The van der Waals surface area contributed by atoms with E-state index in [1.807, 2.05) is 12.1 Å². The normalized spacial score (nSPS) is 11.2. The molecule has 0 saturated carbocycles. The van der Waals surface area contributed by atoms with Crippen LogP contribution in [0.2, 0.25) is 0 Å². The summed E-state index contributed by atoms with van der Waals surface area (Å²) in [6, 6.07) is 16.4. The lowest BCUT2D eigenvalue weighted by atomic mass is 10.2. The molecular weight excluding hydrogens is 314 g/mol. The second kappa shape index (κ2) is 4.42. The van der Waals surface area contributed by atoms with Crippen LogP contribution in [-0.2, 0) is 0 Å². The highest BCUT2D eigenvalue weighted by Gasteiger charge is 2.13. The van der Waals surface area contributed by atoms with Crippen LogP contribution in [0.5, 0.6) is 0 Å². The molecule has 2 aromatic heterocycles. The lowest BCUT2D eigenvalue weighted by molar-refractivity contribution is 0.988. The summed E-state index contributed by atoms with van der Waals surface area (Å²) < 4.78 is 3.14. The second-order valence-electron chi connectivity index (χ2n) is 4.56. The Morgan fingerprint density at radius 3 is 2.40 bits per heavy atom. The highest BCUT2D eigenvalue weighted by molar-refractivity contribution is 9.10. The third-order valence-corrected chi connectivity index (χ3v) is 3.88. The summed E-state index contributed by atoms with van der Waals surface area (Å²) in [5, 5.41) is 2.42. The van der Waals surface area contributed by atoms with E-state index in [-0.39, 0.29) is 0 Å². The number of hydrogen-bond acceptors (Lipinski definition) is 2. The van der Waals surface area contributed by atoms with Crippen LogP contribution in [0.1, 0.15) is 0 Å². The van der Waals surface area contributed by atoms with Crippen LogP contribution < -0.4 is 0 Å². The molecule has 0 bridgehead atoms. The molecule has 0 aliphatic rings. The Kier molecular flexibility index (Phi) is 2.57. The van der Waals surface area contributed by atoms with Crippen molar-refractivity contribution in [3.05, 3.63) is 65.4 Å². The van der Waals surface area contributed by atoms with Crippen molar-refractivity contribution in [1.82, 2.24) is 14.5 Å². The van der Waals surface area contributed by atoms with E-state index in [1.54, 1.807) is 12.4 Å². The molecule has 0 aliphatic carbocycles. The predicted molar refractivity (Wildman–Crippen MR) is 84.1 cm³/mol. The predicted octanol–water partition coefficient (Wildman–Crippen LogP) is 4.34. The number of rotatable bonds is 1. The maximum Gasteiger partial charge on any atom is 0.234 e. The molecule has 0 spiro atoms. The molecule has 0 aliphatic heterocycles. The van der Waals surface area contributed by atoms with Crippen molar-refractivity contribution in [3.63, 3.8) is 0 Å². The first-order valence-electron chi connectivity index (χ1n) is 6.31. The zero-order valence-electron chi connectivity index (χ0n) is 10.5. The molecule has 2 aromatic carbocycles. The molecule has 0 unspecified atom stereocenters. The lowest BCUT2D eigenvalue weighted by Crippen LogP contribution is -1.99. The van der Waals surface area contributed by atoms with Crippen molar-refractivity contribution in [1.29, 1.82) is 0 Å². The van der Waals surface area contributed by atoms with Gasteiger partial charge in [0.25, 0.3) is 0 Å². The lowest BCUT2D eigenvalue weighted by Gasteiger charge is -2.04. The number of aromatic nitrogens is 3. The van der Waals surface area contributed by atoms with Gasteiger partial charge < -0.3 is 0 Å². The Morgan fingerprint density at radius 1 is 0.800 bits per heavy atom. The number of hydrogen-bond donors (Lipinski definition) is 0. The van der Waals surface area contributed by atoms with E-state index in [0.717, 1.165) is 15.5 Å². The quantitative estimate of drug-likeness (QED) is 0.521. The second-order valence-corrected chi connectivity index (χ2v) is 5.48. The van der Waals surface area contributed by atoms with Gasteiger partial charge in [-0.1, -0.05) is 40.2 Å². The van der Waals surface area contributed by atoms with E-state index < -0.39 is 0 Å². The summed E-state index contributed by atoms with van der Waals surface area (Å²) in [5.41, 5.74) is 2.22. The Labute approximate surface area is 124 Å². The van der Waals surface area contributed by atoms with E-state index in [0.29, 0.717) is 5.95 Å². The molecule has 96 valence electrons. The van der Waals surface area contributed by atoms with E-state index in [1.165, 1.54) is 10.8 Å². The van der Waals surface area contributed by atoms with Gasteiger partial charge in [0, 0.05) is 27.6 Å². The SMILES string of the molecule is Brc1ccc2c3ccccc3n(-c3ncccn3)c2c1. The molecule has 4 heteroatoms. The molecule has 0 atom stereocenters. The first-order chi connectivity index (χ1) is 9.84. The minimum atomic E-state index is 0.691. The van der Waals surface area contributed by atoms with Crippen LogP contribution in [0.25, 0.3) is 27.8 Å². The summed E-state index contributed by atoms with van der Waals surface area (Å²) in [6.07, 6.45) is 3.53. The number of para-hydroxylation sites is 1. The summed E-state index contributed by atoms with van der Waals surface area (Å²) in [6.45, 7) is 0. The van der Waals surface area contributed by atoms with Gasteiger partial charge in [-0.05, 0) is 24.3 Å². The maximum absolute atomic E-state index is 4.39. The molecule has 0 radical (unpaired) electrons. The maximum atomic E-state index is 4.39. The molecule has 3 nitrogen and oxygen atoms in total. The average Bonchev–Trinajstić information content (AvgIpc) is 2.81. The van der Waals surface area contributed by atoms with Gasteiger partial charge in [0.05, 0.1) is 11.0 Å². The topological polar surface area (TPSA) is 30.7 Å². The van der Waals surface area contributed by atoms with Gasteiger partial charge in [-0.2, -0.15) is 0 Å². The van der Waals surface area contributed by atoms with Crippen molar-refractivity contribution in [3.8, 4) is 5.95 Å². The number of nitrogens with zero attached hydrogens (tertiary/aromatic N) is 3. The zero-order valence-corrected chi connectivity index (χ0v) is 12.1. The first-order valence-corrected chi connectivity index (χ1v) is 7.10. The fourth-order valence-electron chi connectivity index (χ4n) is 2.57. The van der Waals surface area contributed by atoms with E-state index in [4.69, 9.17) is 0 Å². The highest BCUT2D eigenvalue weighted by atomic mass is 79.9. The molecule has 0 saturated heterocycles. The van der Waals surface area contributed by atoms with Gasteiger partial charge in [0.2, 0.25) is 5.95 Å². The van der Waals surface area contributed by atoms with Crippen molar-refractivity contribution < 1.29 is 0 Å². The van der Waals surface area contributed by atoms with Crippen LogP contribution in [0.15, 0.2) is 65.4 Å². The smallest absolute Gasteiger partial charge is 0.234 e. The van der Waals surface area contributed by atoms with Crippen LogP contribution in [0.3, 0.4) is 0 Å². The van der Waals surface area contributed by atoms with Crippen LogP contribution >= 0.6 is 15.9 Å². The minimum Gasteiger partial charge on any atom is -0.278 e. The Morgan fingerprint density at radius 2 is 1.55 bits per heavy atom. The van der Waals surface area contributed by atoms with Gasteiger partial charge in [0.1, 0.15) is 0 Å². The monoisotopic (exact) mass is 323 g/mol. The van der Waals surface area contributed by atoms with Gasteiger partial charge >= 0.3 is 0 Å². The van der Waals surface area contributed by atoms with Gasteiger partial charge in [-0.3, -0.25) is 4.57 Å². The van der Waals surface area contributed by atoms with Crippen LogP contribution in [0, 0.1) is 0 Å². The van der Waals surface area contributed by atoms with Gasteiger partial charge in [-0.15, -0.1) is 0 Å². The van der Waals surface area contributed by atoms with E-state index in [9.17, 15) is 0 Å². The molecule has 0 fully saturated rings. The number of fused-ring (bicyclic) bond motifs is 3. The summed E-state index contributed by atoms with van der Waals surface area (Å²) in [4.78, 5) is 8.78. The molecule has 2 heterocycles. The number of halogens is 1. The Bertz CT molecular complexity index is 913. The summed E-state index contributed by atoms with van der Waals surface area (Å²) >= 11 is 3.54. The summed E-state index contributed by atoms with van der Waals surface area (Å²) in [5.74, 6) is 0.691. The molecular formula is C16H10BrN3. The van der Waals surface area contributed by atoms with Crippen molar-refractivity contribution in [2.24, 2.45) is 0 Å². The molecule has 0 amide bonds. The average molecular weight is 324 g/mol. The van der Waals surface area contributed by atoms with Gasteiger partial charge in [-0.25, -0.2) is 9.97 Å². The largest absolute Gasteiger partial charge is 0.278 e. The van der Waals surface area contributed by atoms with Gasteiger partial charge in [0.15, 0.2) is 0 Å². The Hall–Kier alpha value is -2.20. The van der Waals surface area contributed by atoms with Crippen molar-refractivity contribution in [2.45, 2.75) is 0 Å². The Balaban J connectivity index is 2.23. The molecule has 0 N–H and O–H groups in total. The van der Waals surface area contributed by atoms with Crippen LogP contribution in [0.4, 0.5) is 0 Å². The fraction of sp³-hybridized carbons (Fsp3) is 0. The molecule has 4 rings (SSSR count). The molecule has 20 heavy (non-hydrogen) atoms. The molecule has 4 aromatic rings. The van der Waals surface area contributed by atoms with Crippen molar-refractivity contribution in [2.75, 3.05) is 0 Å². The third kappa shape index (κ3) is 1.65. The first kappa shape index (κ1) is 11.6. The van der Waals surface area contributed by atoms with E-state index in [2.05, 4.69) is 66.9 Å². The fourth-order valence-corrected chi connectivity index (χ4v) is 2.91. The highest BCUT2D eigenvalue weighted by Crippen LogP contribution is 2.32. The van der Waals surface area contributed by atoms with Crippen LogP contribution in [-0.4, -0.2) is 14.5 Å². The standard InChI is InChI=1S/C16H10BrN3/c17-11-6-7-13-12-4-1-2-5-14(12)20(15(13)10-11)16-18-8-3-9-19-16/h1-10H. The van der Waals surface area contributed by atoms with E-state index >= 15 is 0 Å². The van der Waals surface area contributed by atoms with Crippen molar-refractivity contribution >= 4 is 37.7 Å².